The predicted molar refractivity (Wildman–Crippen MR) is 97.1 cm³/mol. The maximum absolute atomic E-state index is 11.4. The fraction of sp³-hybridized carbons (Fsp3) is 0.316. The Morgan fingerprint density at radius 3 is 2.40 bits per heavy atom. The van der Waals surface area contributed by atoms with Crippen LogP contribution in [0.1, 0.15) is 15.9 Å². The van der Waals surface area contributed by atoms with Crippen LogP contribution in [0.5, 0.6) is 5.75 Å². The van der Waals surface area contributed by atoms with E-state index >= 15 is 0 Å². The smallest absolute Gasteiger partial charge is 0.337 e. The maximum Gasteiger partial charge on any atom is 0.337 e. The van der Waals surface area contributed by atoms with Crippen LogP contribution in [-0.2, 0) is 11.3 Å². The van der Waals surface area contributed by atoms with Crippen molar-refractivity contribution in [1.29, 1.82) is 0 Å². The van der Waals surface area contributed by atoms with Crippen molar-refractivity contribution in [2.45, 2.75) is 12.6 Å². The number of hydrogen-bond acceptors (Lipinski definition) is 5. The van der Waals surface area contributed by atoms with Crippen LogP contribution >= 0.6 is 11.6 Å². The molecule has 0 amide bonds. The molecule has 5 nitrogen and oxygen atoms in total. The summed E-state index contributed by atoms with van der Waals surface area (Å²) in [7, 11) is 3.27. The van der Waals surface area contributed by atoms with Crippen molar-refractivity contribution < 1.29 is 19.4 Å². The first kappa shape index (κ1) is 19.2. The molecule has 0 radical (unpaired) electrons. The van der Waals surface area contributed by atoms with Gasteiger partial charge in [0.1, 0.15) is 18.5 Å². The SMILES string of the molecule is COC(=O)c1ccc(OC[C@@H](O)CN(C)Cc2ccc(Cl)cc2)cc1. The first-order valence-electron chi connectivity index (χ1n) is 7.90. The van der Waals surface area contributed by atoms with Gasteiger partial charge in [0.05, 0.1) is 12.7 Å². The second-order valence-corrected chi connectivity index (χ2v) is 6.24. The van der Waals surface area contributed by atoms with Gasteiger partial charge in [0.2, 0.25) is 0 Å². The molecule has 1 N–H and O–H groups in total. The Balaban J connectivity index is 1.76. The molecular formula is C19H22ClNO4. The number of aliphatic hydroxyl groups excluding tert-OH is 1. The summed E-state index contributed by atoms with van der Waals surface area (Å²) in [6, 6.07) is 14.2. The van der Waals surface area contributed by atoms with Gasteiger partial charge >= 0.3 is 5.97 Å². The number of nitrogens with zero attached hydrogens (tertiary/aromatic N) is 1. The van der Waals surface area contributed by atoms with E-state index in [-0.39, 0.29) is 6.61 Å². The van der Waals surface area contributed by atoms with Crippen LogP contribution < -0.4 is 4.74 Å². The molecule has 2 rings (SSSR count). The highest BCUT2D eigenvalue weighted by atomic mass is 35.5. The summed E-state index contributed by atoms with van der Waals surface area (Å²) in [6.45, 7) is 1.35. The van der Waals surface area contributed by atoms with Crippen molar-refractivity contribution in [2.24, 2.45) is 0 Å². The summed E-state index contributed by atoms with van der Waals surface area (Å²) in [5, 5.41) is 10.8. The van der Waals surface area contributed by atoms with E-state index < -0.39 is 12.1 Å². The van der Waals surface area contributed by atoms with Gasteiger partial charge in [0.15, 0.2) is 0 Å². The zero-order valence-electron chi connectivity index (χ0n) is 14.3. The number of hydrogen-bond donors (Lipinski definition) is 1. The number of benzene rings is 2. The fourth-order valence-electron chi connectivity index (χ4n) is 2.38. The minimum absolute atomic E-state index is 0.169. The van der Waals surface area contributed by atoms with Gasteiger partial charge in [-0.2, -0.15) is 0 Å². The summed E-state index contributed by atoms with van der Waals surface area (Å²) < 4.78 is 10.2. The Morgan fingerprint density at radius 2 is 1.80 bits per heavy atom. The first-order chi connectivity index (χ1) is 12.0. The number of methoxy groups -OCH3 is 1. The molecule has 0 heterocycles. The van der Waals surface area contributed by atoms with Gasteiger partial charge in [-0.25, -0.2) is 4.79 Å². The van der Waals surface area contributed by atoms with E-state index in [1.54, 1.807) is 24.3 Å². The standard InChI is InChI=1S/C19H22ClNO4/c1-21(11-14-3-7-16(20)8-4-14)12-17(22)13-25-18-9-5-15(6-10-18)19(23)24-2/h3-10,17,22H,11-13H2,1-2H3/t17-/m0/s1. The largest absolute Gasteiger partial charge is 0.491 e. The molecule has 25 heavy (non-hydrogen) atoms. The normalized spacial score (nSPS) is 12.0. The monoisotopic (exact) mass is 363 g/mol. The summed E-state index contributed by atoms with van der Waals surface area (Å²) >= 11 is 5.87. The van der Waals surface area contributed by atoms with Crippen molar-refractivity contribution in [3.63, 3.8) is 0 Å². The Labute approximate surface area is 152 Å². The Bertz CT molecular complexity index is 673. The highest BCUT2D eigenvalue weighted by Gasteiger charge is 2.10. The van der Waals surface area contributed by atoms with Crippen LogP contribution in [0.3, 0.4) is 0 Å². The number of rotatable bonds is 8. The number of carbonyl (C=O) groups is 1. The Morgan fingerprint density at radius 1 is 1.16 bits per heavy atom. The van der Waals surface area contributed by atoms with Gasteiger partial charge in [-0.05, 0) is 49.0 Å². The number of carbonyl (C=O) groups excluding carboxylic acids is 1. The summed E-state index contributed by atoms with van der Waals surface area (Å²) in [5.74, 6) is 0.197. The van der Waals surface area contributed by atoms with Crippen LogP contribution in [0, 0.1) is 0 Å². The third-order valence-electron chi connectivity index (χ3n) is 3.61. The van der Waals surface area contributed by atoms with Crippen molar-refractivity contribution in [1.82, 2.24) is 4.90 Å². The van der Waals surface area contributed by atoms with E-state index in [4.69, 9.17) is 16.3 Å². The molecule has 0 bridgehead atoms. The van der Waals surface area contributed by atoms with Gasteiger partial charge in [-0.15, -0.1) is 0 Å². The minimum atomic E-state index is -0.627. The molecule has 0 aliphatic heterocycles. The molecule has 2 aromatic rings. The summed E-state index contributed by atoms with van der Waals surface area (Å²) in [4.78, 5) is 13.4. The third-order valence-corrected chi connectivity index (χ3v) is 3.86. The van der Waals surface area contributed by atoms with E-state index in [9.17, 15) is 9.90 Å². The number of halogens is 1. The molecular weight excluding hydrogens is 342 g/mol. The van der Waals surface area contributed by atoms with E-state index in [1.165, 1.54) is 7.11 Å². The first-order valence-corrected chi connectivity index (χ1v) is 8.28. The van der Waals surface area contributed by atoms with Gasteiger partial charge in [-0.3, -0.25) is 4.90 Å². The molecule has 134 valence electrons. The molecule has 0 fully saturated rings. The van der Waals surface area contributed by atoms with Gasteiger partial charge < -0.3 is 14.6 Å². The lowest BCUT2D eigenvalue weighted by Crippen LogP contribution is -2.32. The van der Waals surface area contributed by atoms with E-state index in [0.717, 1.165) is 5.56 Å². The lowest BCUT2D eigenvalue weighted by atomic mass is 10.2. The van der Waals surface area contributed by atoms with Crippen molar-refractivity contribution in [3.05, 3.63) is 64.7 Å². The molecule has 0 aromatic heterocycles. The zero-order chi connectivity index (χ0) is 18.2. The van der Waals surface area contributed by atoms with Crippen LogP contribution in [-0.4, -0.2) is 49.4 Å². The number of aliphatic hydroxyl groups is 1. The quantitative estimate of drug-likeness (QED) is 0.731. The second kappa shape index (κ2) is 9.42. The predicted octanol–water partition coefficient (Wildman–Crippen LogP) is 3.00. The molecule has 0 saturated heterocycles. The molecule has 0 aliphatic carbocycles. The van der Waals surface area contributed by atoms with E-state index in [0.29, 0.717) is 29.4 Å². The number of likely N-dealkylation sites (N-methyl/N-ethyl adjacent to an activating group) is 1. The van der Waals surface area contributed by atoms with E-state index in [2.05, 4.69) is 4.74 Å². The molecule has 0 unspecified atom stereocenters. The number of ether oxygens (including phenoxy) is 2. The molecule has 0 saturated carbocycles. The average molecular weight is 364 g/mol. The highest BCUT2D eigenvalue weighted by Crippen LogP contribution is 2.14. The molecule has 6 heteroatoms. The van der Waals surface area contributed by atoms with Crippen LogP contribution in [0.2, 0.25) is 5.02 Å². The Kier molecular flexibility index (Phi) is 7.25. The maximum atomic E-state index is 11.4. The molecule has 1 atom stereocenters. The lowest BCUT2D eigenvalue weighted by molar-refractivity contribution is 0.0600. The van der Waals surface area contributed by atoms with Crippen molar-refractivity contribution in [2.75, 3.05) is 27.3 Å². The van der Waals surface area contributed by atoms with Crippen molar-refractivity contribution >= 4 is 17.6 Å². The van der Waals surface area contributed by atoms with Crippen LogP contribution in [0.25, 0.3) is 0 Å². The van der Waals surface area contributed by atoms with Crippen molar-refractivity contribution in [3.8, 4) is 5.75 Å². The topological polar surface area (TPSA) is 59.0 Å². The summed E-state index contributed by atoms with van der Waals surface area (Å²) in [6.07, 6.45) is -0.627. The molecule has 2 aromatic carbocycles. The highest BCUT2D eigenvalue weighted by molar-refractivity contribution is 6.30. The summed E-state index contributed by atoms with van der Waals surface area (Å²) in [5.41, 5.74) is 1.58. The second-order valence-electron chi connectivity index (χ2n) is 5.80. The van der Waals surface area contributed by atoms with Gasteiger partial charge in [0.25, 0.3) is 0 Å². The van der Waals surface area contributed by atoms with Gasteiger partial charge in [0, 0.05) is 18.1 Å². The zero-order valence-corrected chi connectivity index (χ0v) is 15.1. The van der Waals surface area contributed by atoms with E-state index in [1.807, 2.05) is 36.2 Å². The Hall–Kier alpha value is -2.08. The minimum Gasteiger partial charge on any atom is -0.491 e. The molecule has 0 spiro atoms. The lowest BCUT2D eigenvalue weighted by Gasteiger charge is -2.21. The fourth-order valence-corrected chi connectivity index (χ4v) is 2.50. The van der Waals surface area contributed by atoms with Crippen LogP contribution in [0.4, 0.5) is 0 Å². The third kappa shape index (κ3) is 6.38. The molecule has 0 aliphatic rings. The number of esters is 1. The van der Waals surface area contributed by atoms with Crippen LogP contribution in [0.15, 0.2) is 48.5 Å². The average Bonchev–Trinajstić information content (AvgIpc) is 2.61. The van der Waals surface area contributed by atoms with Gasteiger partial charge in [-0.1, -0.05) is 23.7 Å².